The van der Waals surface area contributed by atoms with Crippen molar-refractivity contribution in [2.45, 2.75) is 37.6 Å². The summed E-state index contributed by atoms with van der Waals surface area (Å²) in [5.41, 5.74) is 5.61. The number of allylic oxidation sites excluding steroid dienone is 4. The molecule has 4 aliphatic rings. The lowest BCUT2D eigenvalue weighted by Crippen LogP contribution is -2.46. The molecule has 0 aromatic heterocycles. The van der Waals surface area contributed by atoms with Crippen LogP contribution < -0.4 is 4.90 Å². The molecule has 2 aliphatic carbocycles. The predicted molar refractivity (Wildman–Crippen MR) is 119 cm³/mol. The molecule has 158 valence electrons. The van der Waals surface area contributed by atoms with Crippen LogP contribution in [0, 0.1) is 17.7 Å². The normalized spacial score (nSPS) is 29.5. The van der Waals surface area contributed by atoms with Crippen molar-refractivity contribution >= 4 is 11.7 Å². The van der Waals surface area contributed by atoms with Crippen LogP contribution in [0.3, 0.4) is 0 Å². The van der Waals surface area contributed by atoms with Crippen LogP contribution in [0.15, 0.2) is 60.7 Å². The number of hydrogen-bond donors (Lipinski definition) is 0. The molecule has 0 saturated carbocycles. The van der Waals surface area contributed by atoms with Gasteiger partial charge in [0, 0.05) is 24.1 Å². The zero-order valence-electron chi connectivity index (χ0n) is 17.6. The Kier molecular flexibility index (Phi) is 4.31. The molecule has 0 bridgehead atoms. The van der Waals surface area contributed by atoms with Crippen LogP contribution in [0.1, 0.15) is 64.7 Å². The zero-order valence-corrected chi connectivity index (χ0v) is 17.6. The van der Waals surface area contributed by atoms with E-state index >= 15 is 0 Å². The van der Waals surface area contributed by atoms with Crippen LogP contribution in [0.2, 0.25) is 0 Å². The Hall–Kier alpha value is -2.88. The number of anilines is 1. The lowest BCUT2D eigenvalue weighted by atomic mass is 9.70. The Balaban J connectivity index is 1.56. The SMILES string of the molecule is CCOC(=O)c1cc2c3c(c1)[C@H]1C=CC[C@H]1[C@H](c1ccc(F)cc1)N3C[C@H]1CC=C[C@H]21. The Morgan fingerprint density at radius 3 is 2.55 bits per heavy atom. The fourth-order valence-corrected chi connectivity index (χ4v) is 6.35. The van der Waals surface area contributed by atoms with Gasteiger partial charge in [0.25, 0.3) is 0 Å². The second-order valence-corrected chi connectivity index (χ2v) is 9.18. The lowest BCUT2D eigenvalue weighted by Gasteiger charge is -2.51. The molecule has 2 heterocycles. The Morgan fingerprint density at radius 1 is 1.06 bits per heavy atom. The molecule has 2 aromatic rings. The number of benzene rings is 2. The van der Waals surface area contributed by atoms with Crippen LogP contribution in [0.25, 0.3) is 0 Å². The second-order valence-electron chi connectivity index (χ2n) is 9.18. The number of halogens is 1. The van der Waals surface area contributed by atoms with Gasteiger partial charge < -0.3 is 9.64 Å². The quantitative estimate of drug-likeness (QED) is 0.462. The summed E-state index contributed by atoms with van der Waals surface area (Å²) in [6.07, 6.45) is 11.2. The van der Waals surface area contributed by atoms with E-state index in [2.05, 4.69) is 41.3 Å². The van der Waals surface area contributed by atoms with E-state index in [1.165, 1.54) is 22.4 Å². The van der Waals surface area contributed by atoms with E-state index in [4.69, 9.17) is 4.74 Å². The van der Waals surface area contributed by atoms with Gasteiger partial charge in [0.15, 0.2) is 0 Å². The lowest BCUT2D eigenvalue weighted by molar-refractivity contribution is 0.0526. The monoisotopic (exact) mass is 415 g/mol. The standard InChI is InChI=1S/C27H26FNO2/c1-2-31-27(30)18-13-23-20-6-3-5-17(20)15-29-25(16-9-11-19(28)12-10-16)22-8-4-7-21(22)24(14-18)26(23)29/h3-4,6-7,9-14,17,20-22,25H,2,5,8,15H2,1H3/t17-,20+,21+,22-,25+/m1/s1. The van der Waals surface area contributed by atoms with Crippen LogP contribution in [-0.2, 0) is 4.74 Å². The maximum Gasteiger partial charge on any atom is 0.338 e. The molecule has 3 nitrogen and oxygen atoms in total. The molecular formula is C27H26FNO2. The summed E-state index contributed by atoms with van der Waals surface area (Å²) < 4.78 is 19.1. The number of carbonyl (C=O) groups is 1. The summed E-state index contributed by atoms with van der Waals surface area (Å²) in [5, 5.41) is 0. The number of esters is 1. The van der Waals surface area contributed by atoms with Gasteiger partial charge >= 0.3 is 5.97 Å². The first kappa shape index (κ1) is 18.9. The van der Waals surface area contributed by atoms with E-state index in [-0.39, 0.29) is 23.7 Å². The molecule has 2 aliphatic heterocycles. The summed E-state index contributed by atoms with van der Waals surface area (Å²) >= 11 is 0. The molecule has 0 radical (unpaired) electrons. The first-order chi connectivity index (χ1) is 15.2. The van der Waals surface area contributed by atoms with Crippen molar-refractivity contribution in [3.8, 4) is 0 Å². The van der Waals surface area contributed by atoms with Gasteiger partial charge in [0.05, 0.1) is 18.2 Å². The highest BCUT2D eigenvalue weighted by molar-refractivity contribution is 5.92. The average molecular weight is 416 g/mol. The minimum Gasteiger partial charge on any atom is -0.462 e. The van der Waals surface area contributed by atoms with Gasteiger partial charge in [0.2, 0.25) is 0 Å². The number of nitrogens with zero attached hydrogens (tertiary/aromatic N) is 1. The topological polar surface area (TPSA) is 29.5 Å². The van der Waals surface area contributed by atoms with Crippen molar-refractivity contribution in [3.63, 3.8) is 0 Å². The Bertz CT molecular complexity index is 1090. The van der Waals surface area contributed by atoms with Gasteiger partial charge in [-0.3, -0.25) is 0 Å². The zero-order chi connectivity index (χ0) is 21.1. The first-order valence-corrected chi connectivity index (χ1v) is 11.4. The summed E-state index contributed by atoms with van der Waals surface area (Å²) in [4.78, 5) is 15.3. The number of hydrogen-bond acceptors (Lipinski definition) is 3. The first-order valence-electron chi connectivity index (χ1n) is 11.4. The van der Waals surface area contributed by atoms with Crippen molar-refractivity contribution < 1.29 is 13.9 Å². The van der Waals surface area contributed by atoms with Gasteiger partial charge in [-0.15, -0.1) is 0 Å². The predicted octanol–water partition coefficient (Wildman–Crippen LogP) is 5.90. The maximum absolute atomic E-state index is 13.7. The highest BCUT2D eigenvalue weighted by Crippen LogP contribution is 2.58. The van der Waals surface area contributed by atoms with E-state index in [0.29, 0.717) is 29.9 Å². The molecule has 0 unspecified atom stereocenters. The van der Waals surface area contributed by atoms with Crippen molar-refractivity contribution in [2.75, 3.05) is 18.1 Å². The summed E-state index contributed by atoms with van der Waals surface area (Å²) in [7, 11) is 0. The van der Waals surface area contributed by atoms with E-state index in [0.717, 1.165) is 19.4 Å². The molecule has 4 heteroatoms. The van der Waals surface area contributed by atoms with Crippen LogP contribution in [0.5, 0.6) is 0 Å². The third kappa shape index (κ3) is 2.80. The van der Waals surface area contributed by atoms with Gasteiger partial charge in [-0.25, -0.2) is 9.18 Å². The van der Waals surface area contributed by atoms with Crippen LogP contribution >= 0.6 is 0 Å². The second kappa shape index (κ2) is 7.08. The van der Waals surface area contributed by atoms with E-state index in [1.54, 1.807) is 12.1 Å². The van der Waals surface area contributed by atoms with E-state index in [1.807, 2.05) is 19.1 Å². The smallest absolute Gasteiger partial charge is 0.338 e. The van der Waals surface area contributed by atoms with Gasteiger partial charge in [-0.1, -0.05) is 36.4 Å². The molecule has 0 amide bonds. The highest BCUT2D eigenvalue weighted by Gasteiger charge is 2.48. The molecule has 0 fully saturated rings. The fraction of sp³-hybridized carbons (Fsp3) is 0.370. The third-order valence-corrected chi connectivity index (χ3v) is 7.57. The Morgan fingerprint density at radius 2 is 1.77 bits per heavy atom. The molecule has 0 N–H and O–H groups in total. The number of ether oxygens (including phenoxy) is 1. The molecule has 31 heavy (non-hydrogen) atoms. The summed E-state index contributed by atoms with van der Waals surface area (Å²) in [6.45, 7) is 3.21. The molecule has 2 aromatic carbocycles. The molecular weight excluding hydrogens is 389 g/mol. The largest absolute Gasteiger partial charge is 0.462 e. The molecule has 0 spiro atoms. The fourth-order valence-electron chi connectivity index (χ4n) is 6.35. The third-order valence-electron chi connectivity index (χ3n) is 7.57. The molecule has 6 rings (SSSR count). The van der Waals surface area contributed by atoms with Crippen molar-refractivity contribution in [1.82, 2.24) is 0 Å². The van der Waals surface area contributed by atoms with Gasteiger partial charge in [0.1, 0.15) is 5.82 Å². The summed E-state index contributed by atoms with van der Waals surface area (Å²) in [6, 6.07) is 11.4. The highest BCUT2D eigenvalue weighted by atomic mass is 19.1. The number of fused-ring (bicyclic) bond motifs is 4. The minimum absolute atomic E-state index is 0.195. The van der Waals surface area contributed by atoms with Gasteiger partial charge in [-0.05, 0) is 72.6 Å². The van der Waals surface area contributed by atoms with Crippen molar-refractivity contribution in [3.05, 3.63) is 88.8 Å². The molecule has 0 saturated heterocycles. The van der Waals surface area contributed by atoms with Crippen LogP contribution in [0.4, 0.5) is 10.1 Å². The average Bonchev–Trinajstić information content (AvgIpc) is 3.44. The van der Waals surface area contributed by atoms with Crippen molar-refractivity contribution in [2.24, 2.45) is 11.8 Å². The molecule has 5 atom stereocenters. The number of carbonyl (C=O) groups excluding carboxylic acids is 1. The number of rotatable bonds is 3. The van der Waals surface area contributed by atoms with E-state index in [9.17, 15) is 9.18 Å². The van der Waals surface area contributed by atoms with Crippen LogP contribution in [-0.4, -0.2) is 19.1 Å². The van der Waals surface area contributed by atoms with Crippen molar-refractivity contribution in [1.29, 1.82) is 0 Å². The minimum atomic E-state index is -0.239. The van der Waals surface area contributed by atoms with Gasteiger partial charge in [-0.2, -0.15) is 0 Å². The van der Waals surface area contributed by atoms with E-state index < -0.39 is 0 Å². The summed E-state index contributed by atoms with van der Waals surface area (Å²) in [5.74, 6) is 1.06. The Labute approximate surface area is 182 Å². The maximum atomic E-state index is 13.7.